The van der Waals surface area contributed by atoms with Gasteiger partial charge in [0.1, 0.15) is 16.4 Å². The summed E-state index contributed by atoms with van der Waals surface area (Å²) < 4.78 is 28.5. The Labute approximate surface area is 143 Å². The Kier molecular flexibility index (Phi) is 5.15. The molecule has 0 spiro atoms. The Bertz CT molecular complexity index is 895. The number of pyridine rings is 1. The van der Waals surface area contributed by atoms with Crippen molar-refractivity contribution in [2.24, 2.45) is 4.40 Å². The van der Waals surface area contributed by atoms with Crippen LogP contribution in [0.4, 0.5) is 5.69 Å². The van der Waals surface area contributed by atoms with Crippen LogP contribution in [-0.2, 0) is 10.0 Å². The number of hydrogen-bond acceptors (Lipinski definition) is 5. The zero-order valence-electron chi connectivity index (χ0n) is 12.7. The Morgan fingerprint density at radius 2 is 2.00 bits per heavy atom. The predicted octanol–water partition coefficient (Wildman–Crippen LogP) is 2.59. The van der Waals surface area contributed by atoms with Crippen LogP contribution in [0.25, 0.3) is 11.1 Å². The number of aromatic nitrogens is 1. The lowest BCUT2D eigenvalue weighted by Crippen LogP contribution is -2.10. The molecule has 0 radical (unpaired) electrons. The summed E-state index contributed by atoms with van der Waals surface area (Å²) in [5, 5.41) is 11.2. The fraction of sp³-hybridized carbons (Fsp3) is 0.143. The van der Waals surface area contributed by atoms with E-state index in [1.54, 1.807) is 20.2 Å². The highest BCUT2D eigenvalue weighted by molar-refractivity contribution is 7.90. The first-order valence-electron chi connectivity index (χ1n) is 6.58. The molecule has 1 aromatic heterocycles. The van der Waals surface area contributed by atoms with Gasteiger partial charge in [0.15, 0.2) is 0 Å². The van der Waals surface area contributed by atoms with Gasteiger partial charge in [-0.15, -0.1) is 4.40 Å². The molecule has 0 atom stereocenters. The standard InChI is InChI=1S/C14H13ClN4O4S/c1-18(2)9-17-24(22,23)13-7-11(19(20)21)4-5-12(13)10-3-6-14(15)16-8-10/h3-9H,1-2H3. The van der Waals surface area contributed by atoms with Gasteiger partial charge < -0.3 is 4.90 Å². The molecule has 0 saturated carbocycles. The average molecular weight is 369 g/mol. The minimum atomic E-state index is -4.14. The molecule has 0 bridgehead atoms. The third-order valence-corrected chi connectivity index (χ3v) is 4.40. The van der Waals surface area contributed by atoms with Crippen LogP contribution in [0.3, 0.4) is 0 Å². The molecular formula is C14H13ClN4O4S. The minimum absolute atomic E-state index is 0.246. The first kappa shape index (κ1) is 17.8. The van der Waals surface area contributed by atoms with Crippen molar-refractivity contribution >= 4 is 33.7 Å². The molecule has 2 aromatic rings. The van der Waals surface area contributed by atoms with Crippen LogP contribution in [0, 0.1) is 10.1 Å². The van der Waals surface area contributed by atoms with Crippen molar-refractivity contribution in [3.05, 3.63) is 51.8 Å². The van der Waals surface area contributed by atoms with E-state index in [2.05, 4.69) is 9.38 Å². The quantitative estimate of drug-likeness (QED) is 0.264. The highest BCUT2D eigenvalue weighted by atomic mass is 35.5. The molecule has 0 saturated heterocycles. The SMILES string of the molecule is CN(C)C=NS(=O)(=O)c1cc([N+](=O)[O-])ccc1-c1ccc(Cl)nc1. The summed E-state index contributed by atoms with van der Waals surface area (Å²) >= 11 is 5.73. The van der Waals surface area contributed by atoms with Gasteiger partial charge in [-0.3, -0.25) is 10.1 Å². The summed E-state index contributed by atoms with van der Waals surface area (Å²) in [6.07, 6.45) is 2.50. The summed E-state index contributed by atoms with van der Waals surface area (Å²) in [6.45, 7) is 0. The molecule has 1 heterocycles. The van der Waals surface area contributed by atoms with Crippen molar-refractivity contribution in [1.29, 1.82) is 0 Å². The molecule has 0 N–H and O–H groups in total. The van der Waals surface area contributed by atoms with E-state index in [1.165, 1.54) is 29.3 Å². The molecule has 0 aliphatic heterocycles. The maximum atomic E-state index is 12.5. The van der Waals surface area contributed by atoms with Crippen LogP contribution in [-0.4, -0.2) is 43.7 Å². The lowest BCUT2D eigenvalue weighted by Gasteiger charge is -2.09. The molecular weight excluding hydrogens is 356 g/mol. The number of benzene rings is 1. The number of hydrogen-bond donors (Lipinski definition) is 0. The lowest BCUT2D eigenvalue weighted by atomic mass is 10.1. The fourth-order valence-electron chi connectivity index (χ4n) is 1.82. The van der Waals surface area contributed by atoms with Gasteiger partial charge in [0.2, 0.25) is 0 Å². The van der Waals surface area contributed by atoms with Crippen LogP contribution in [0.15, 0.2) is 45.8 Å². The second-order valence-electron chi connectivity index (χ2n) is 4.97. The number of nitrogens with zero attached hydrogens (tertiary/aromatic N) is 4. The highest BCUT2D eigenvalue weighted by Crippen LogP contribution is 2.31. The van der Waals surface area contributed by atoms with Crippen LogP contribution in [0.2, 0.25) is 5.15 Å². The molecule has 0 amide bonds. The summed E-state index contributed by atoms with van der Waals surface area (Å²) in [5.41, 5.74) is 0.355. The van der Waals surface area contributed by atoms with Gasteiger partial charge in [0, 0.05) is 43.6 Å². The van der Waals surface area contributed by atoms with E-state index in [9.17, 15) is 18.5 Å². The van der Waals surface area contributed by atoms with Crippen LogP contribution >= 0.6 is 11.6 Å². The Hall–Kier alpha value is -2.52. The van der Waals surface area contributed by atoms with Gasteiger partial charge in [0.05, 0.1) is 4.92 Å². The topological polar surface area (TPSA) is 106 Å². The van der Waals surface area contributed by atoms with E-state index in [4.69, 9.17) is 11.6 Å². The van der Waals surface area contributed by atoms with Gasteiger partial charge in [-0.1, -0.05) is 11.6 Å². The van der Waals surface area contributed by atoms with Crippen LogP contribution in [0.5, 0.6) is 0 Å². The summed E-state index contributed by atoms with van der Waals surface area (Å²) in [5.74, 6) is 0. The lowest BCUT2D eigenvalue weighted by molar-refractivity contribution is -0.385. The van der Waals surface area contributed by atoms with Crippen molar-refractivity contribution in [2.45, 2.75) is 4.90 Å². The molecule has 8 nitrogen and oxygen atoms in total. The van der Waals surface area contributed by atoms with E-state index in [-0.39, 0.29) is 21.3 Å². The molecule has 0 unspecified atom stereocenters. The molecule has 126 valence electrons. The number of rotatable bonds is 5. The normalized spacial score (nSPS) is 11.6. The van der Waals surface area contributed by atoms with Crippen LogP contribution < -0.4 is 0 Å². The van der Waals surface area contributed by atoms with Crippen molar-refractivity contribution < 1.29 is 13.3 Å². The Morgan fingerprint density at radius 3 is 2.54 bits per heavy atom. The van der Waals surface area contributed by atoms with Crippen molar-refractivity contribution in [3.63, 3.8) is 0 Å². The summed E-state index contributed by atoms with van der Waals surface area (Å²) in [4.78, 5) is 15.4. The first-order valence-corrected chi connectivity index (χ1v) is 8.40. The zero-order valence-corrected chi connectivity index (χ0v) is 14.3. The third kappa shape index (κ3) is 4.06. The fourth-order valence-corrected chi connectivity index (χ4v) is 3.10. The number of non-ortho nitro benzene ring substituents is 1. The molecule has 24 heavy (non-hydrogen) atoms. The number of nitro benzene ring substituents is 1. The number of halogens is 1. The van der Waals surface area contributed by atoms with E-state index < -0.39 is 14.9 Å². The number of nitro groups is 1. The van der Waals surface area contributed by atoms with E-state index in [0.717, 1.165) is 12.4 Å². The smallest absolute Gasteiger partial charge is 0.284 e. The zero-order chi connectivity index (χ0) is 17.9. The maximum Gasteiger partial charge on any atom is 0.284 e. The monoisotopic (exact) mass is 368 g/mol. The molecule has 0 fully saturated rings. The second-order valence-corrected chi connectivity index (χ2v) is 6.95. The maximum absolute atomic E-state index is 12.5. The molecule has 0 aliphatic carbocycles. The summed E-state index contributed by atoms with van der Waals surface area (Å²) in [6, 6.07) is 6.62. The minimum Gasteiger partial charge on any atom is -0.368 e. The van der Waals surface area contributed by atoms with E-state index in [1.807, 2.05) is 0 Å². The van der Waals surface area contributed by atoms with Gasteiger partial charge in [-0.05, 0) is 18.2 Å². The second kappa shape index (κ2) is 6.93. The van der Waals surface area contributed by atoms with Crippen molar-refractivity contribution in [3.8, 4) is 11.1 Å². The third-order valence-electron chi connectivity index (χ3n) is 2.91. The van der Waals surface area contributed by atoms with Gasteiger partial charge in [-0.2, -0.15) is 8.42 Å². The van der Waals surface area contributed by atoms with E-state index >= 15 is 0 Å². The van der Waals surface area contributed by atoms with Gasteiger partial charge in [0.25, 0.3) is 15.7 Å². The van der Waals surface area contributed by atoms with Gasteiger partial charge in [-0.25, -0.2) is 4.98 Å². The molecule has 1 aromatic carbocycles. The average Bonchev–Trinajstić information content (AvgIpc) is 2.53. The number of sulfonamides is 1. The van der Waals surface area contributed by atoms with Crippen molar-refractivity contribution in [2.75, 3.05) is 14.1 Å². The predicted molar refractivity (Wildman–Crippen MR) is 90.7 cm³/mol. The highest BCUT2D eigenvalue weighted by Gasteiger charge is 2.22. The molecule has 2 rings (SSSR count). The summed E-state index contributed by atoms with van der Waals surface area (Å²) in [7, 11) is -0.922. The van der Waals surface area contributed by atoms with Crippen LogP contribution in [0.1, 0.15) is 0 Å². The Balaban J connectivity index is 2.68. The first-order chi connectivity index (χ1) is 11.2. The molecule has 0 aliphatic rings. The van der Waals surface area contributed by atoms with Gasteiger partial charge >= 0.3 is 0 Å². The van der Waals surface area contributed by atoms with E-state index in [0.29, 0.717) is 5.56 Å². The van der Waals surface area contributed by atoms with Crippen molar-refractivity contribution in [1.82, 2.24) is 9.88 Å². The molecule has 10 heteroatoms. The Morgan fingerprint density at radius 1 is 1.29 bits per heavy atom. The largest absolute Gasteiger partial charge is 0.368 e.